The van der Waals surface area contributed by atoms with Gasteiger partial charge in [-0.2, -0.15) is 5.26 Å². The molecule has 0 spiro atoms. The lowest BCUT2D eigenvalue weighted by Gasteiger charge is -1.98. The maximum absolute atomic E-state index is 11.9. The number of methoxy groups -OCH3 is 1. The lowest BCUT2D eigenvalue weighted by Crippen LogP contribution is -2.07. The Hall–Kier alpha value is -2.85. The number of hydrogen-bond acceptors (Lipinski definition) is 6. The Balaban J connectivity index is 2.20. The van der Waals surface area contributed by atoms with Gasteiger partial charge in [-0.1, -0.05) is 0 Å². The second kappa shape index (κ2) is 6.74. The summed E-state index contributed by atoms with van der Waals surface area (Å²) in [5.74, 6) is -0.426. The van der Waals surface area contributed by atoms with Gasteiger partial charge in [0, 0.05) is 6.08 Å². The van der Waals surface area contributed by atoms with Crippen molar-refractivity contribution in [2.45, 2.75) is 6.92 Å². The van der Waals surface area contributed by atoms with Crippen molar-refractivity contribution in [1.82, 2.24) is 0 Å². The molecule has 2 heterocycles. The van der Waals surface area contributed by atoms with Crippen LogP contribution in [0.4, 0.5) is 5.00 Å². The van der Waals surface area contributed by atoms with Gasteiger partial charge in [0.05, 0.1) is 18.9 Å². The molecule has 0 unspecified atom stereocenters. The van der Waals surface area contributed by atoms with E-state index < -0.39 is 11.9 Å². The summed E-state index contributed by atoms with van der Waals surface area (Å²) < 4.78 is 9.72. The normalized spacial score (nSPS) is 10.4. The lowest BCUT2D eigenvalue weighted by molar-refractivity contribution is -0.111. The molecule has 0 aliphatic carbocycles. The van der Waals surface area contributed by atoms with Crippen LogP contribution in [0.5, 0.6) is 0 Å². The molecule has 2 rings (SSSR count). The molecule has 0 bridgehead atoms. The number of anilines is 1. The highest BCUT2D eigenvalue weighted by Gasteiger charge is 2.21. The largest absolute Gasteiger partial charge is 0.465 e. The molecule has 0 aliphatic rings. The molecule has 0 saturated heterocycles. The van der Waals surface area contributed by atoms with Crippen LogP contribution in [0.3, 0.4) is 0 Å². The minimum Gasteiger partial charge on any atom is -0.465 e. The fraction of sp³-hybridized carbons (Fsp3) is 0.133. The molecule has 6 nitrogen and oxygen atoms in total. The Labute approximate surface area is 130 Å². The van der Waals surface area contributed by atoms with Crippen molar-refractivity contribution in [1.29, 1.82) is 5.26 Å². The smallest absolute Gasteiger partial charge is 0.348 e. The number of carbonyl (C=O) groups excluding carboxylic acids is 2. The molecule has 7 heteroatoms. The van der Waals surface area contributed by atoms with Gasteiger partial charge in [0.2, 0.25) is 5.91 Å². The molecule has 1 amide bonds. The van der Waals surface area contributed by atoms with E-state index in [0.29, 0.717) is 21.2 Å². The molecule has 0 fully saturated rings. The minimum atomic E-state index is -0.536. The summed E-state index contributed by atoms with van der Waals surface area (Å²) in [5.41, 5.74) is 0.745. The minimum absolute atomic E-state index is 0.255. The first-order valence-electron chi connectivity index (χ1n) is 6.21. The number of amides is 1. The van der Waals surface area contributed by atoms with Gasteiger partial charge >= 0.3 is 5.97 Å². The molecule has 22 heavy (non-hydrogen) atoms. The van der Waals surface area contributed by atoms with Crippen molar-refractivity contribution in [3.05, 3.63) is 46.2 Å². The van der Waals surface area contributed by atoms with E-state index in [2.05, 4.69) is 10.1 Å². The number of nitriles is 1. The molecule has 0 atom stereocenters. The number of esters is 1. The quantitative estimate of drug-likeness (QED) is 0.691. The summed E-state index contributed by atoms with van der Waals surface area (Å²) in [5, 5.41) is 12.1. The van der Waals surface area contributed by atoms with Crippen molar-refractivity contribution in [3.8, 4) is 6.07 Å². The molecule has 0 aliphatic heterocycles. The predicted molar refractivity (Wildman–Crippen MR) is 81.5 cm³/mol. The number of hydrogen-bond donors (Lipinski definition) is 1. The fourth-order valence-corrected chi connectivity index (χ4v) is 2.80. The van der Waals surface area contributed by atoms with Crippen LogP contribution < -0.4 is 5.32 Å². The predicted octanol–water partition coefficient (Wildman–Crippen LogP) is 2.96. The number of rotatable bonds is 4. The molecule has 2 aromatic heterocycles. The maximum Gasteiger partial charge on any atom is 0.348 e. The summed E-state index contributed by atoms with van der Waals surface area (Å²) >= 11 is 1.01. The molecule has 1 N–H and O–H groups in total. The third kappa shape index (κ3) is 3.24. The first-order chi connectivity index (χ1) is 10.6. The van der Waals surface area contributed by atoms with Gasteiger partial charge in [0.25, 0.3) is 0 Å². The topological polar surface area (TPSA) is 92.3 Å². The summed E-state index contributed by atoms with van der Waals surface area (Å²) in [4.78, 5) is 23.8. The second-order valence-electron chi connectivity index (χ2n) is 4.20. The number of furan rings is 1. The van der Waals surface area contributed by atoms with Crippen molar-refractivity contribution in [2.75, 3.05) is 12.4 Å². The first kappa shape index (κ1) is 15.5. The van der Waals surface area contributed by atoms with Crippen LogP contribution in [0.25, 0.3) is 6.08 Å². The van der Waals surface area contributed by atoms with Gasteiger partial charge in [-0.05, 0) is 30.7 Å². The van der Waals surface area contributed by atoms with Gasteiger partial charge in [-0.25, -0.2) is 4.79 Å². The highest BCUT2D eigenvalue weighted by Crippen LogP contribution is 2.32. The SMILES string of the molecule is COC(=O)c1sc(NC(=O)C=Cc2ccco2)c(C#N)c1C. The van der Waals surface area contributed by atoms with Crippen LogP contribution in [0.15, 0.2) is 28.9 Å². The highest BCUT2D eigenvalue weighted by atomic mass is 32.1. The van der Waals surface area contributed by atoms with Crippen molar-refractivity contribution >= 4 is 34.3 Å². The van der Waals surface area contributed by atoms with Crippen LogP contribution >= 0.6 is 11.3 Å². The zero-order valence-corrected chi connectivity index (χ0v) is 12.7. The highest BCUT2D eigenvalue weighted by molar-refractivity contribution is 7.18. The third-order valence-corrected chi connectivity index (χ3v) is 4.00. The number of thiophene rings is 1. The van der Waals surface area contributed by atoms with Crippen LogP contribution in [-0.2, 0) is 9.53 Å². The standard InChI is InChI=1S/C15H12N2O4S/c1-9-11(8-16)14(22-13(9)15(19)20-2)17-12(18)6-5-10-4-3-7-21-10/h3-7H,1-2H3,(H,17,18). The Morgan fingerprint density at radius 1 is 1.50 bits per heavy atom. The van der Waals surface area contributed by atoms with E-state index in [4.69, 9.17) is 4.42 Å². The van der Waals surface area contributed by atoms with Crippen LogP contribution in [0.2, 0.25) is 0 Å². The van der Waals surface area contributed by atoms with E-state index in [0.717, 1.165) is 11.3 Å². The van der Waals surface area contributed by atoms with E-state index >= 15 is 0 Å². The second-order valence-corrected chi connectivity index (χ2v) is 5.22. The van der Waals surface area contributed by atoms with Crippen molar-refractivity contribution < 1.29 is 18.7 Å². The molecule has 0 radical (unpaired) electrons. The molecule has 0 saturated carbocycles. The Bertz CT molecular complexity index is 766. The van der Waals surface area contributed by atoms with E-state index in [-0.39, 0.29) is 5.56 Å². The number of nitrogens with one attached hydrogen (secondary N) is 1. The first-order valence-corrected chi connectivity index (χ1v) is 7.02. The summed E-state index contributed by atoms with van der Waals surface area (Å²) in [6.45, 7) is 1.63. The Kier molecular flexibility index (Phi) is 4.76. The monoisotopic (exact) mass is 316 g/mol. The van der Waals surface area contributed by atoms with Gasteiger partial charge in [-0.15, -0.1) is 11.3 Å². The van der Waals surface area contributed by atoms with E-state index in [1.54, 1.807) is 19.1 Å². The number of carbonyl (C=O) groups is 2. The average Bonchev–Trinajstić information content (AvgIpc) is 3.12. The van der Waals surface area contributed by atoms with E-state index in [1.807, 2.05) is 6.07 Å². The Morgan fingerprint density at radius 2 is 2.27 bits per heavy atom. The van der Waals surface area contributed by atoms with Gasteiger partial charge in [-0.3, -0.25) is 4.79 Å². The summed E-state index contributed by atoms with van der Waals surface area (Å²) in [6, 6.07) is 5.39. The zero-order valence-electron chi connectivity index (χ0n) is 11.9. The zero-order chi connectivity index (χ0) is 16.1. The van der Waals surface area contributed by atoms with Gasteiger partial charge in [0.15, 0.2) is 0 Å². The number of ether oxygens (including phenoxy) is 1. The number of nitrogens with zero attached hydrogens (tertiary/aromatic N) is 1. The van der Waals surface area contributed by atoms with Crippen molar-refractivity contribution in [2.24, 2.45) is 0 Å². The van der Waals surface area contributed by atoms with Crippen LogP contribution in [-0.4, -0.2) is 19.0 Å². The van der Waals surface area contributed by atoms with Gasteiger partial charge < -0.3 is 14.5 Å². The van der Waals surface area contributed by atoms with Crippen LogP contribution in [0, 0.1) is 18.3 Å². The molecule has 2 aromatic rings. The fourth-order valence-electron chi connectivity index (χ4n) is 1.72. The average molecular weight is 316 g/mol. The van der Waals surface area contributed by atoms with Crippen LogP contribution in [0.1, 0.15) is 26.6 Å². The molecular weight excluding hydrogens is 304 g/mol. The Morgan fingerprint density at radius 3 is 2.86 bits per heavy atom. The maximum atomic E-state index is 11.9. The van der Waals surface area contributed by atoms with Gasteiger partial charge in [0.1, 0.15) is 21.7 Å². The molecule has 0 aromatic carbocycles. The van der Waals surface area contributed by atoms with E-state index in [9.17, 15) is 14.9 Å². The van der Waals surface area contributed by atoms with Crippen molar-refractivity contribution in [3.63, 3.8) is 0 Å². The van der Waals surface area contributed by atoms with E-state index in [1.165, 1.54) is 25.5 Å². The molecule has 112 valence electrons. The lowest BCUT2D eigenvalue weighted by atomic mass is 10.2. The third-order valence-electron chi connectivity index (χ3n) is 2.81. The molecular formula is C15H12N2O4S. The summed E-state index contributed by atoms with van der Waals surface area (Å²) in [7, 11) is 1.26. The summed E-state index contributed by atoms with van der Waals surface area (Å²) in [6.07, 6.45) is 4.28.